The van der Waals surface area contributed by atoms with Gasteiger partial charge in [-0.2, -0.15) is 0 Å². The summed E-state index contributed by atoms with van der Waals surface area (Å²) in [5.74, 6) is 0. The first-order valence-electron chi connectivity index (χ1n) is 5.38. The van der Waals surface area contributed by atoms with Gasteiger partial charge in [-0.3, -0.25) is 0 Å². The normalized spacial score (nSPS) is 11.3. The van der Waals surface area contributed by atoms with Crippen LogP contribution in [0.3, 0.4) is 0 Å². The summed E-state index contributed by atoms with van der Waals surface area (Å²) in [6.07, 6.45) is 0. The number of hydrogen-bond acceptors (Lipinski definition) is 0. The molecule has 2 aromatic carbocycles. The summed E-state index contributed by atoms with van der Waals surface area (Å²) in [4.78, 5) is 0. The van der Waals surface area contributed by atoms with Crippen LogP contribution < -0.4 is 4.57 Å². The molecule has 2 rings (SSSR count). The highest BCUT2D eigenvalue weighted by molar-refractivity contribution is 6.24. The van der Waals surface area contributed by atoms with E-state index in [2.05, 4.69) is 67.2 Å². The third-order valence-electron chi connectivity index (χ3n) is 2.60. The average Bonchev–Trinajstić information content (AvgIpc) is 2.33. The SMILES string of the molecule is C[SiH2][NH+](c1ccccc1)c1ccccc1. The predicted octanol–water partition coefficient (Wildman–Crippen LogP) is 1.67. The van der Waals surface area contributed by atoms with Crippen molar-refractivity contribution in [3.63, 3.8) is 0 Å². The zero-order chi connectivity index (χ0) is 10.5. The van der Waals surface area contributed by atoms with Crippen LogP contribution in [0.1, 0.15) is 0 Å². The minimum absolute atomic E-state index is 0.152. The van der Waals surface area contributed by atoms with Gasteiger partial charge in [0.15, 0.2) is 0 Å². The lowest BCUT2D eigenvalue weighted by molar-refractivity contribution is -0.625. The summed E-state index contributed by atoms with van der Waals surface area (Å²) >= 11 is 0. The highest BCUT2D eigenvalue weighted by atomic mass is 28.2. The van der Waals surface area contributed by atoms with Crippen LogP contribution in [-0.2, 0) is 0 Å². The minimum Gasteiger partial charge on any atom is -0.334 e. The maximum absolute atomic E-state index is 2.34. The summed E-state index contributed by atoms with van der Waals surface area (Å²) in [5, 5.41) is 0. The Hall–Kier alpha value is -1.38. The van der Waals surface area contributed by atoms with Crippen molar-refractivity contribution in [2.24, 2.45) is 0 Å². The number of nitrogens with one attached hydrogen (secondary N) is 1. The lowest BCUT2D eigenvalue weighted by Gasteiger charge is -2.17. The monoisotopic (exact) mass is 214 g/mol. The zero-order valence-electron chi connectivity index (χ0n) is 8.98. The molecule has 2 aromatic rings. The van der Waals surface area contributed by atoms with Gasteiger partial charge in [-0.05, 0) is 30.8 Å². The third kappa shape index (κ3) is 2.35. The first kappa shape index (κ1) is 10.1. The largest absolute Gasteiger partial charge is 0.334 e. The van der Waals surface area contributed by atoms with E-state index in [0.717, 1.165) is 0 Å². The van der Waals surface area contributed by atoms with Gasteiger partial charge in [-0.25, -0.2) is 0 Å². The van der Waals surface area contributed by atoms with Gasteiger partial charge in [0.2, 0.25) is 0 Å². The van der Waals surface area contributed by atoms with Crippen molar-refractivity contribution in [3.05, 3.63) is 60.7 Å². The van der Waals surface area contributed by atoms with Gasteiger partial charge < -0.3 is 4.57 Å². The van der Waals surface area contributed by atoms with E-state index in [0.29, 0.717) is 0 Å². The Balaban J connectivity index is 2.34. The van der Waals surface area contributed by atoms with Crippen LogP contribution in [0.4, 0.5) is 11.4 Å². The highest BCUT2D eigenvalue weighted by Crippen LogP contribution is 2.06. The molecule has 76 valence electrons. The first-order valence-corrected chi connectivity index (χ1v) is 7.50. The molecule has 1 N–H and O–H groups in total. The molecule has 15 heavy (non-hydrogen) atoms. The lowest BCUT2D eigenvalue weighted by atomic mass is 10.3. The molecule has 0 saturated heterocycles. The molecule has 0 radical (unpaired) electrons. The van der Waals surface area contributed by atoms with Gasteiger partial charge in [-0.1, -0.05) is 36.4 Å². The van der Waals surface area contributed by atoms with Crippen LogP contribution in [0.2, 0.25) is 6.55 Å². The van der Waals surface area contributed by atoms with E-state index in [9.17, 15) is 0 Å². The van der Waals surface area contributed by atoms with E-state index in [1.807, 2.05) is 0 Å². The van der Waals surface area contributed by atoms with Crippen LogP contribution in [0.25, 0.3) is 0 Å². The molecule has 0 aliphatic heterocycles. The second-order valence-electron chi connectivity index (χ2n) is 3.56. The fourth-order valence-corrected chi connectivity index (χ4v) is 3.14. The molecule has 2 heteroatoms. The van der Waals surface area contributed by atoms with Crippen molar-refractivity contribution < 1.29 is 4.57 Å². The van der Waals surface area contributed by atoms with Crippen LogP contribution in [0.15, 0.2) is 60.7 Å². The molecule has 0 spiro atoms. The number of rotatable bonds is 3. The zero-order valence-corrected chi connectivity index (χ0v) is 10.4. The van der Waals surface area contributed by atoms with Crippen molar-refractivity contribution in [2.75, 3.05) is 0 Å². The minimum atomic E-state index is -0.152. The van der Waals surface area contributed by atoms with Gasteiger partial charge in [0, 0.05) is 0 Å². The van der Waals surface area contributed by atoms with Gasteiger partial charge in [0.25, 0.3) is 9.68 Å². The number of para-hydroxylation sites is 2. The van der Waals surface area contributed by atoms with E-state index in [1.54, 1.807) is 4.57 Å². The molecule has 0 unspecified atom stereocenters. The van der Waals surface area contributed by atoms with Gasteiger partial charge >= 0.3 is 0 Å². The fourth-order valence-electron chi connectivity index (χ4n) is 1.85. The number of benzene rings is 2. The molecule has 0 atom stereocenters. The number of quaternary nitrogens is 1. The molecular weight excluding hydrogens is 198 g/mol. The second-order valence-corrected chi connectivity index (χ2v) is 4.98. The molecule has 0 heterocycles. The van der Waals surface area contributed by atoms with Crippen molar-refractivity contribution >= 4 is 21.1 Å². The molecule has 0 fully saturated rings. The smallest absolute Gasteiger partial charge is 0.260 e. The molecule has 0 saturated carbocycles. The average molecular weight is 214 g/mol. The maximum Gasteiger partial charge on any atom is 0.260 e. The van der Waals surface area contributed by atoms with Crippen molar-refractivity contribution in [1.82, 2.24) is 0 Å². The number of hydrogen-bond donors (Lipinski definition) is 1. The fraction of sp³-hybridized carbons (Fsp3) is 0.0769. The molecular formula is C13H16NSi+. The van der Waals surface area contributed by atoms with E-state index in [1.165, 1.54) is 11.4 Å². The lowest BCUT2D eigenvalue weighted by Crippen LogP contribution is -3.03. The summed E-state index contributed by atoms with van der Waals surface area (Å²) in [6, 6.07) is 21.4. The van der Waals surface area contributed by atoms with Crippen molar-refractivity contribution in [2.45, 2.75) is 6.55 Å². The Bertz CT molecular complexity index is 360. The first-order chi connectivity index (χ1) is 7.42. The Morgan fingerprint density at radius 3 is 1.47 bits per heavy atom. The van der Waals surface area contributed by atoms with Gasteiger partial charge in [-0.15, -0.1) is 0 Å². The molecule has 1 nitrogen and oxygen atoms in total. The topological polar surface area (TPSA) is 4.44 Å². The van der Waals surface area contributed by atoms with Gasteiger partial charge in [0.05, 0.1) is 0 Å². The molecule has 0 amide bonds. The second kappa shape index (κ2) is 4.91. The highest BCUT2D eigenvalue weighted by Gasteiger charge is 2.10. The summed E-state index contributed by atoms with van der Waals surface area (Å²) < 4.78 is 1.55. The summed E-state index contributed by atoms with van der Waals surface area (Å²) in [6.45, 7) is 2.34. The quantitative estimate of drug-likeness (QED) is 0.741. The van der Waals surface area contributed by atoms with Crippen LogP contribution in [0.5, 0.6) is 0 Å². The summed E-state index contributed by atoms with van der Waals surface area (Å²) in [5.41, 5.74) is 2.77. The standard InChI is InChI=1S/C13H15NSi/c1-15-14(12-8-4-2-5-9-12)13-10-6-3-7-11-13/h2-11H,15H2,1H3/p+1. The summed E-state index contributed by atoms with van der Waals surface area (Å²) in [7, 11) is -0.152. The Kier molecular flexibility index (Phi) is 3.32. The Morgan fingerprint density at radius 1 is 0.733 bits per heavy atom. The molecule has 0 aliphatic rings. The van der Waals surface area contributed by atoms with E-state index < -0.39 is 0 Å². The molecule has 0 aromatic heterocycles. The van der Waals surface area contributed by atoms with Crippen LogP contribution >= 0.6 is 0 Å². The third-order valence-corrected chi connectivity index (χ3v) is 4.12. The molecule has 0 bridgehead atoms. The van der Waals surface area contributed by atoms with Gasteiger partial charge in [0.1, 0.15) is 11.4 Å². The Morgan fingerprint density at radius 2 is 1.13 bits per heavy atom. The molecule has 0 aliphatic carbocycles. The Labute approximate surface area is 93.3 Å². The van der Waals surface area contributed by atoms with Crippen molar-refractivity contribution in [3.8, 4) is 0 Å². The predicted molar refractivity (Wildman–Crippen MR) is 67.6 cm³/mol. The van der Waals surface area contributed by atoms with Crippen molar-refractivity contribution in [1.29, 1.82) is 0 Å². The maximum atomic E-state index is 2.34. The van der Waals surface area contributed by atoms with E-state index >= 15 is 0 Å². The van der Waals surface area contributed by atoms with Crippen LogP contribution in [-0.4, -0.2) is 9.68 Å². The van der Waals surface area contributed by atoms with E-state index in [4.69, 9.17) is 0 Å². The van der Waals surface area contributed by atoms with Crippen LogP contribution in [0, 0.1) is 0 Å². The van der Waals surface area contributed by atoms with E-state index in [-0.39, 0.29) is 9.68 Å².